The molecular formula is C19H19BrN2O4. The van der Waals surface area contributed by atoms with Gasteiger partial charge in [-0.3, -0.25) is 9.48 Å². The van der Waals surface area contributed by atoms with Gasteiger partial charge in [0.1, 0.15) is 11.1 Å². The highest BCUT2D eigenvalue weighted by Gasteiger charge is 2.18. The highest BCUT2D eigenvalue weighted by molar-refractivity contribution is 9.10. The number of aliphatic hydroxyl groups excluding tert-OH is 1. The zero-order valence-electron chi connectivity index (χ0n) is 14.5. The van der Waals surface area contributed by atoms with Gasteiger partial charge in [-0.05, 0) is 45.8 Å². The Kier molecular flexibility index (Phi) is 5.49. The van der Waals surface area contributed by atoms with Crippen LogP contribution in [-0.4, -0.2) is 21.6 Å². The number of benzene rings is 2. The minimum atomic E-state index is -0.153. The third kappa shape index (κ3) is 3.40. The van der Waals surface area contributed by atoms with Crippen molar-refractivity contribution in [2.45, 2.75) is 13.2 Å². The van der Waals surface area contributed by atoms with Gasteiger partial charge in [0.15, 0.2) is 11.5 Å². The smallest absolute Gasteiger partial charge is 0.286 e. The first-order valence-corrected chi connectivity index (χ1v) is 8.78. The topological polar surface area (TPSA) is 65.6 Å². The van der Waals surface area contributed by atoms with Crippen molar-refractivity contribution in [1.29, 1.82) is 0 Å². The highest BCUT2D eigenvalue weighted by atomic mass is 79.9. The van der Waals surface area contributed by atoms with Crippen molar-refractivity contribution in [2.75, 3.05) is 7.11 Å². The number of halogens is 1. The van der Waals surface area contributed by atoms with Crippen LogP contribution in [0.25, 0.3) is 5.69 Å². The molecule has 0 fully saturated rings. The van der Waals surface area contributed by atoms with Gasteiger partial charge in [-0.25, -0.2) is 4.68 Å². The highest BCUT2D eigenvalue weighted by Crippen LogP contribution is 2.29. The first-order chi connectivity index (χ1) is 12.6. The Hall–Kier alpha value is -2.51. The number of ether oxygens (including phenoxy) is 2. The number of hydrogen-bond acceptors (Lipinski definition) is 4. The second-order valence-corrected chi connectivity index (χ2v) is 6.46. The minimum Gasteiger partial charge on any atom is -0.493 e. The minimum absolute atomic E-state index is 0.0728. The molecule has 0 aliphatic carbocycles. The molecule has 7 heteroatoms. The van der Waals surface area contributed by atoms with E-state index in [4.69, 9.17) is 9.47 Å². The van der Waals surface area contributed by atoms with Gasteiger partial charge < -0.3 is 14.6 Å². The molecule has 0 aliphatic heterocycles. The molecule has 0 amide bonds. The third-order valence-corrected chi connectivity index (χ3v) is 4.90. The van der Waals surface area contributed by atoms with Crippen LogP contribution in [0.3, 0.4) is 0 Å². The van der Waals surface area contributed by atoms with Gasteiger partial charge in [-0.1, -0.05) is 24.3 Å². The van der Waals surface area contributed by atoms with Crippen LogP contribution >= 0.6 is 15.9 Å². The molecule has 0 bridgehead atoms. The zero-order chi connectivity index (χ0) is 18.7. The van der Waals surface area contributed by atoms with Crippen LogP contribution in [0.1, 0.15) is 11.3 Å². The summed E-state index contributed by atoms with van der Waals surface area (Å²) in [5.41, 5.74) is 2.06. The van der Waals surface area contributed by atoms with E-state index in [0.717, 1.165) is 11.3 Å². The van der Waals surface area contributed by atoms with Gasteiger partial charge in [0.05, 0.1) is 25.1 Å². The van der Waals surface area contributed by atoms with Gasteiger partial charge in [-0.15, -0.1) is 0 Å². The molecule has 2 aromatic carbocycles. The molecule has 0 radical (unpaired) electrons. The largest absolute Gasteiger partial charge is 0.493 e. The van der Waals surface area contributed by atoms with E-state index in [1.54, 1.807) is 34.7 Å². The Morgan fingerprint density at radius 2 is 1.85 bits per heavy atom. The van der Waals surface area contributed by atoms with Crippen LogP contribution in [0.4, 0.5) is 0 Å². The van der Waals surface area contributed by atoms with Crippen molar-refractivity contribution >= 4 is 15.9 Å². The fourth-order valence-electron chi connectivity index (χ4n) is 2.71. The standard InChI is InChI=1S/C19H19BrN2O4/c1-21-15(12-26-16-9-8-13(11-23)10-17(16)25-2)18(20)19(24)22(21)14-6-4-3-5-7-14/h3-10,23H,11-12H2,1-2H3. The maximum atomic E-state index is 12.6. The summed E-state index contributed by atoms with van der Waals surface area (Å²) in [6.45, 7) is 0.109. The van der Waals surface area contributed by atoms with E-state index in [9.17, 15) is 9.90 Å². The molecule has 1 N–H and O–H groups in total. The lowest BCUT2D eigenvalue weighted by molar-refractivity contribution is 0.268. The van der Waals surface area contributed by atoms with Gasteiger partial charge in [-0.2, -0.15) is 0 Å². The summed E-state index contributed by atoms with van der Waals surface area (Å²) >= 11 is 3.38. The monoisotopic (exact) mass is 418 g/mol. The second kappa shape index (κ2) is 7.80. The van der Waals surface area contributed by atoms with Crippen LogP contribution in [0.2, 0.25) is 0 Å². The predicted molar refractivity (Wildman–Crippen MR) is 102 cm³/mol. The Bertz CT molecular complexity index is 964. The maximum Gasteiger partial charge on any atom is 0.286 e. The van der Waals surface area contributed by atoms with Gasteiger partial charge >= 0.3 is 0 Å². The summed E-state index contributed by atoms with van der Waals surface area (Å²) in [5, 5.41) is 9.23. The number of aliphatic hydroxyl groups is 1. The molecule has 3 aromatic rings. The molecular weight excluding hydrogens is 400 g/mol. The van der Waals surface area contributed by atoms with Crippen LogP contribution < -0.4 is 15.0 Å². The molecule has 1 heterocycles. The van der Waals surface area contributed by atoms with E-state index in [-0.39, 0.29) is 18.8 Å². The van der Waals surface area contributed by atoms with Crippen LogP contribution in [-0.2, 0) is 20.3 Å². The number of hydrogen-bond donors (Lipinski definition) is 1. The number of nitrogens with zero attached hydrogens (tertiary/aromatic N) is 2. The maximum absolute atomic E-state index is 12.6. The van der Waals surface area contributed by atoms with E-state index >= 15 is 0 Å². The summed E-state index contributed by atoms with van der Waals surface area (Å²) in [5.74, 6) is 1.07. The van der Waals surface area contributed by atoms with Crippen LogP contribution in [0, 0.1) is 0 Å². The summed E-state index contributed by atoms with van der Waals surface area (Å²) < 4.78 is 15.0. The SMILES string of the molecule is COc1cc(CO)ccc1OCc1c(Br)c(=O)n(-c2ccccc2)n1C. The summed E-state index contributed by atoms with van der Waals surface area (Å²) in [4.78, 5) is 12.6. The summed E-state index contributed by atoms with van der Waals surface area (Å²) in [6, 6.07) is 14.6. The van der Waals surface area contributed by atoms with Gasteiger partial charge in [0.2, 0.25) is 0 Å². The molecule has 0 saturated heterocycles. The molecule has 0 unspecified atom stereocenters. The van der Waals surface area contributed by atoms with Gasteiger partial charge in [0, 0.05) is 7.05 Å². The molecule has 0 aliphatic rings. The Morgan fingerprint density at radius 1 is 1.12 bits per heavy atom. The first kappa shape index (κ1) is 18.3. The molecule has 3 rings (SSSR count). The fraction of sp³-hybridized carbons (Fsp3) is 0.211. The Morgan fingerprint density at radius 3 is 2.50 bits per heavy atom. The molecule has 6 nitrogen and oxygen atoms in total. The lowest BCUT2D eigenvalue weighted by Gasteiger charge is -2.13. The zero-order valence-corrected chi connectivity index (χ0v) is 16.1. The molecule has 0 spiro atoms. The number of methoxy groups -OCH3 is 1. The van der Waals surface area contributed by atoms with Gasteiger partial charge in [0.25, 0.3) is 5.56 Å². The van der Waals surface area contributed by atoms with Crippen LogP contribution in [0.15, 0.2) is 57.8 Å². The van der Waals surface area contributed by atoms with E-state index in [2.05, 4.69) is 15.9 Å². The van der Waals surface area contributed by atoms with Crippen molar-refractivity contribution in [3.63, 3.8) is 0 Å². The van der Waals surface area contributed by atoms with E-state index < -0.39 is 0 Å². The summed E-state index contributed by atoms with van der Waals surface area (Å²) in [7, 11) is 3.35. The molecule has 26 heavy (non-hydrogen) atoms. The summed E-state index contributed by atoms with van der Waals surface area (Å²) in [6.07, 6.45) is 0. The first-order valence-electron chi connectivity index (χ1n) is 7.99. The van der Waals surface area contributed by atoms with E-state index in [1.807, 2.05) is 37.4 Å². The lowest BCUT2D eigenvalue weighted by Crippen LogP contribution is -2.19. The average molecular weight is 419 g/mol. The second-order valence-electron chi connectivity index (χ2n) is 5.67. The average Bonchev–Trinajstić information content (AvgIpc) is 2.89. The third-order valence-electron chi connectivity index (χ3n) is 4.10. The molecule has 136 valence electrons. The molecule has 0 saturated carbocycles. The van der Waals surface area contributed by atoms with Crippen molar-refractivity contribution in [2.24, 2.45) is 7.05 Å². The Labute approximate surface area is 159 Å². The molecule has 0 atom stereocenters. The van der Waals surface area contributed by atoms with Crippen molar-refractivity contribution in [1.82, 2.24) is 9.36 Å². The fourth-order valence-corrected chi connectivity index (χ4v) is 3.25. The number of aromatic nitrogens is 2. The van der Waals surface area contributed by atoms with Crippen molar-refractivity contribution in [3.8, 4) is 17.2 Å². The quantitative estimate of drug-likeness (QED) is 0.667. The van der Waals surface area contributed by atoms with Crippen LogP contribution in [0.5, 0.6) is 11.5 Å². The molecule has 1 aromatic heterocycles. The normalized spacial score (nSPS) is 10.8. The van der Waals surface area contributed by atoms with E-state index in [0.29, 0.717) is 21.7 Å². The Balaban J connectivity index is 1.91. The predicted octanol–water partition coefficient (Wildman–Crippen LogP) is 3.02. The van der Waals surface area contributed by atoms with Crippen molar-refractivity contribution < 1.29 is 14.6 Å². The van der Waals surface area contributed by atoms with Crippen molar-refractivity contribution in [3.05, 3.63) is 74.6 Å². The number of rotatable bonds is 6. The van der Waals surface area contributed by atoms with E-state index in [1.165, 1.54) is 0 Å². The number of para-hydroxylation sites is 1. The lowest BCUT2D eigenvalue weighted by atomic mass is 10.2.